The summed E-state index contributed by atoms with van der Waals surface area (Å²) in [6, 6.07) is 24.1. The molecule has 2 bridgehead atoms. The Labute approximate surface area is 257 Å². The van der Waals surface area contributed by atoms with Gasteiger partial charge in [0.05, 0.1) is 16.6 Å². The number of hydrogen-bond donors (Lipinski definition) is 2. The van der Waals surface area contributed by atoms with Gasteiger partial charge < -0.3 is 20.1 Å². The van der Waals surface area contributed by atoms with E-state index >= 15 is 0 Å². The Kier molecular flexibility index (Phi) is 7.03. The summed E-state index contributed by atoms with van der Waals surface area (Å²) in [5.41, 5.74) is 4.83. The van der Waals surface area contributed by atoms with Gasteiger partial charge in [-0.1, -0.05) is 54.6 Å². The van der Waals surface area contributed by atoms with E-state index in [2.05, 4.69) is 58.4 Å². The summed E-state index contributed by atoms with van der Waals surface area (Å²) in [6.07, 6.45) is 6.57. The molecule has 3 aliphatic rings. The zero-order valence-corrected chi connectivity index (χ0v) is 25.1. The van der Waals surface area contributed by atoms with Crippen LogP contribution < -0.4 is 15.0 Å². The first-order valence-electron chi connectivity index (χ1n) is 15.9. The molecule has 2 aromatic heterocycles. The highest BCUT2D eigenvalue weighted by Gasteiger charge is 2.34. The molecule has 0 saturated carbocycles. The lowest BCUT2D eigenvalue weighted by Gasteiger charge is -2.34. The number of pyridine rings is 1. The molecule has 3 saturated heterocycles. The quantitative estimate of drug-likeness (QED) is 0.246. The molecule has 0 amide bonds. The SMILES string of the molecule is Cc1c(-c2cc(O)cc3ccccc23)ncc2c(N3CC4CCC(C3)N4)nc(OC[C@@H]3CCCN3Cc3ccccc3)nc12. The first-order chi connectivity index (χ1) is 21.6. The van der Waals surface area contributed by atoms with Gasteiger partial charge in [0.15, 0.2) is 0 Å². The van der Waals surface area contributed by atoms with E-state index in [-0.39, 0.29) is 5.75 Å². The van der Waals surface area contributed by atoms with E-state index in [1.165, 1.54) is 24.8 Å². The van der Waals surface area contributed by atoms with Crippen LogP contribution in [0, 0.1) is 6.92 Å². The number of piperazine rings is 1. The third-order valence-electron chi connectivity index (χ3n) is 9.69. The number of phenols is 1. The highest BCUT2D eigenvalue weighted by Crippen LogP contribution is 2.38. The summed E-state index contributed by atoms with van der Waals surface area (Å²) >= 11 is 0. The van der Waals surface area contributed by atoms with Crippen molar-refractivity contribution >= 4 is 27.5 Å². The Bertz CT molecular complexity index is 1820. The summed E-state index contributed by atoms with van der Waals surface area (Å²) in [7, 11) is 0. The van der Waals surface area contributed by atoms with E-state index in [1.54, 1.807) is 12.1 Å². The number of nitrogens with one attached hydrogen (secondary N) is 1. The minimum atomic E-state index is 0.223. The van der Waals surface area contributed by atoms with Crippen molar-refractivity contribution in [3.8, 4) is 23.0 Å². The second kappa shape index (κ2) is 11.3. The number of ether oxygens (including phenoxy) is 1. The molecule has 3 aliphatic heterocycles. The van der Waals surface area contributed by atoms with E-state index in [1.807, 2.05) is 24.4 Å². The van der Waals surface area contributed by atoms with E-state index in [0.29, 0.717) is 30.7 Å². The van der Waals surface area contributed by atoms with Crippen LogP contribution in [0.2, 0.25) is 0 Å². The largest absolute Gasteiger partial charge is 0.508 e. The summed E-state index contributed by atoms with van der Waals surface area (Å²) in [4.78, 5) is 20.0. The Balaban J connectivity index is 1.17. The van der Waals surface area contributed by atoms with Gasteiger partial charge in [0.1, 0.15) is 18.2 Å². The predicted molar refractivity (Wildman–Crippen MR) is 174 cm³/mol. The van der Waals surface area contributed by atoms with Crippen molar-refractivity contribution in [3.05, 3.63) is 84.1 Å². The molecule has 3 fully saturated rings. The molecular formula is C36H38N6O2. The minimum absolute atomic E-state index is 0.223. The lowest BCUT2D eigenvalue weighted by Crippen LogP contribution is -2.51. The molecule has 224 valence electrons. The van der Waals surface area contributed by atoms with E-state index in [0.717, 1.165) is 76.9 Å². The van der Waals surface area contributed by atoms with Crippen molar-refractivity contribution in [2.45, 2.75) is 57.3 Å². The molecule has 0 spiro atoms. The molecule has 3 atom stereocenters. The molecule has 8 rings (SSSR count). The fourth-order valence-corrected chi connectivity index (χ4v) is 7.50. The fraction of sp³-hybridized carbons (Fsp3) is 0.361. The number of aryl methyl sites for hydroxylation is 1. The van der Waals surface area contributed by atoms with E-state index in [9.17, 15) is 5.11 Å². The molecule has 2 unspecified atom stereocenters. The molecule has 5 aromatic rings. The normalized spacial score (nSPS) is 21.8. The van der Waals surface area contributed by atoms with Crippen molar-refractivity contribution in [2.24, 2.45) is 0 Å². The maximum absolute atomic E-state index is 10.6. The van der Waals surface area contributed by atoms with Gasteiger partial charge in [0, 0.05) is 55.1 Å². The number of rotatable bonds is 7. The summed E-state index contributed by atoms with van der Waals surface area (Å²) in [6.45, 7) is 6.44. The summed E-state index contributed by atoms with van der Waals surface area (Å²) in [5, 5.41) is 17.3. The highest BCUT2D eigenvalue weighted by molar-refractivity contribution is 6.01. The lowest BCUT2D eigenvalue weighted by molar-refractivity contribution is 0.160. The molecule has 5 heterocycles. The zero-order chi connectivity index (χ0) is 29.6. The third-order valence-corrected chi connectivity index (χ3v) is 9.69. The molecule has 0 aliphatic carbocycles. The zero-order valence-electron chi connectivity index (χ0n) is 25.1. The molecule has 3 aromatic carbocycles. The summed E-state index contributed by atoms with van der Waals surface area (Å²) in [5.74, 6) is 1.12. The number of aromatic nitrogens is 3. The van der Waals surface area contributed by atoms with Crippen LogP contribution >= 0.6 is 0 Å². The van der Waals surface area contributed by atoms with Gasteiger partial charge in [0.25, 0.3) is 0 Å². The van der Waals surface area contributed by atoms with E-state index < -0.39 is 0 Å². The summed E-state index contributed by atoms with van der Waals surface area (Å²) < 4.78 is 6.49. The molecular weight excluding hydrogens is 548 g/mol. The van der Waals surface area contributed by atoms with Crippen LogP contribution in [-0.2, 0) is 6.54 Å². The smallest absolute Gasteiger partial charge is 0.319 e. The molecule has 8 nitrogen and oxygen atoms in total. The number of phenolic OH excluding ortho intramolecular Hbond substituents is 1. The van der Waals surface area contributed by atoms with Crippen molar-refractivity contribution in [1.29, 1.82) is 0 Å². The maximum atomic E-state index is 10.6. The molecule has 2 N–H and O–H groups in total. The van der Waals surface area contributed by atoms with Gasteiger partial charge in [-0.25, -0.2) is 0 Å². The molecule has 44 heavy (non-hydrogen) atoms. The molecule has 0 radical (unpaired) electrons. The topological polar surface area (TPSA) is 86.6 Å². The van der Waals surface area contributed by atoms with Gasteiger partial charge in [-0.15, -0.1) is 0 Å². The number of aromatic hydroxyl groups is 1. The average molecular weight is 587 g/mol. The van der Waals surface area contributed by atoms with Crippen molar-refractivity contribution in [1.82, 2.24) is 25.2 Å². The van der Waals surface area contributed by atoms with Crippen LogP contribution in [0.3, 0.4) is 0 Å². The number of anilines is 1. The van der Waals surface area contributed by atoms with Gasteiger partial charge in [-0.05, 0) is 67.6 Å². The van der Waals surface area contributed by atoms with Crippen LogP contribution in [0.4, 0.5) is 5.82 Å². The Morgan fingerprint density at radius 3 is 2.57 bits per heavy atom. The van der Waals surface area contributed by atoms with Gasteiger partial charge >= 0.3 is 6.01 Å². The van der Waals surface area contributed by atoms with Crippen LogP contribution in [0.25, 0.3) is 32.9 Å². The predicted octanol–water partition coefficient (Wildman–Crippen LogP) is 5.84. The fourth-order valence-electron chi connectivity index (χ4n) is 7.50. The van der Waals surface area contributed by atoms with Gasteiger partial charge in [-0.2, -0.15) is 9.97 Å². The van der Waals surface area contributed by atoms with Gasteiger partial charge in [-0.3, -0.25) is 9.88 Å². The van der Waals surface area contributed by atoms with Crippen molar-refractivity contribution < 1.29 is 9.84 Å². The second-order valence-electron chi connectivity index (χ2n) is 12.6. The average Bonchev–Trinajstić information content (AvgIpc) is 3.64. The minimum Gasteiger partial charge on any atom is -0.508 e. The lowest BCUT2D eigenvalue weighted by atomic mass is 9.97. The Morgan fingerprint density at radius 2 is 1.73 bits per heavy atom. The second-order valence-corrected chi connectivity index (χ2v) is 12.6. The number of fused-ring (bicyclic) bond motifs is 4. The van der Waals surface area contributed by atoms with Crippen molar-refractivity contribution in [2.75, 3.05) is 31.1 Å². The van der Waals surface area contributed by atoms with Gasteiger partial charge in [0.2, 0.25) is 0 Å². The standard InChI is InChI=1S/C36H38N6O2/c1-23-33(31-17-29(43)16-25-10-5-6-12-30(25)31)37-18-32-34(23)39-36(40-35(32)42-20-26-13-14-27(21-42)38-26)44-22-28-11-7-15-41(28)19-24-8-3-2-4-9-24/h2-6,8-10,12,16-18,26-28,38,43H,7,11,13-15,19-22H2,1H3/t26?,27?,28-/m0/s1. The number of hydrogen-bond acceptors (Lipinski definition) is 8. The Morgan fingerprint density at radius 1 is 0.932 bits per heavy atom. The van der Waals surface area contributed by atoms with Crippen molar-refractivity contribution in [3.63, 3.8) is 0 Å². The maximum Gasteiger partial charge on any atom is 0.319 e. The van der Waals surface area contributed by atoms with Crippen LogP contribution in [-0.4, -0.2) is 69.3 Å². The number of likely N-dealkylation sites (tertiary alicyclic amines) is 1. The highest BCUT2D eigenvalue weighted by atomic mass is 16.5. The van der Waals surface area contributed by atoms with Crippen LogP contribution in [0.1, 0.15) is 36.8 Å². The van der Waals surface area contributed by atoms with Crippen LogP contribution in [0.5, 0.6) is 11.8 Å². The number of nitrogens with zero attached hydrogens (tertiary/aromatic N) is 5. The Hall–Kier alpha value is -4.27. The van der Waals surface area contributed by atoms with Crippen LogP contribution in [0.15, 0.2) is 72.9 Å². The monoisotopic (exact) mass is 586 g/mol. The number of benzene rings is 3. The molecule has 8 heteroatoms. The first-order valence-corrected chi connectivity index (χ1v) is 15.9. The third kappa shape index (κ3) is 5.12. The van der Waals surface area contributed by atoms with E-state index in [4.69, 9.17) is 19.7 Å². The first kappa shape index (κ1) is 27.3.